The van der Waals surface area contributed by atoms with E-state index < -0.39 is 0 Å². The van der Waals surface area contributed by atoms with Crippen LogP contribution in [0.3, 0.4) is 0 Å². The first-order chi connectivity index (χ1) is 9.64. The van der Waals surface area contributed by atoms with E-state index in [1.54, 1.807) is 7.11 Å². The Morgan fingerprint density at radius 3 is 2.60 bits per heavy atom. The van der Waals surface area contributed by atoms with Gasteiger partial charge in [-0.05, 0) is 68.3 Å². The van der Waals surface area contributed by atoms with Gasteiger partial charge in [0.2, 0.25) is 0 Å². The summed E-state index contributed by atoms with van der Waals surface area (Å²) in [5, 5.41) is 4.40. The highest BCUT2D eigenvalue weighted by molar-refractivity contribution is 6.32. The number of hydrogen-bond acceptors (Lipinski definition) is 2. The minimum atomic E-state index is 0.0727. The van der Waals surface area contributed by atoms with Crippen molar-refractivity contribution in [3.8, 4) is 5.75 Å². The molecule has 1 saturated heterocycles. The molecular formula is C17H24ClNO. The summed E-state index contributed by atoms with van der Waals surface area (Å²) in [6.45, 7) is 3.38. The second kappa shape index (κ2) is 5.57. The first kappa shape index (κ1) is 14.2. The van der Waals surface area contributed by atoms with Crippen LogP contribution in [-0.4, -0.2) is 13.7 Å². The van der Waals surface area contributed by atoms with Crippen molar-refractivity contribution >= 4 is 11.6 Å². The predicted molar refractivity (Wildman–Crippen MR) is 83.8 cm³/mol. The molecule has 2 aliphatic rings. The van der Waals surface area contributed by atoms with Crippen LogP contribution in [0.25, 0.3) is 0 Å². The highest BCUT2D eigenvalue weighted by Gasteiger charge is 2.32. The number of rotatable bonds is 3. The Morgan fingerprint density at radius 1 is 1.25 bits per heavy atom. The molecule has 1 N–H and O–H groups in total. The SMILES string of the molecule is COc1c(Cl)cc(C2(C)CCCN2)cc1C1CCCC1. The molecule has 1 saturated carbocycles. The summed E-state index contributed by atoms with van der Waals surface area (Å²) in [6.07, 6.45) is 7.59. The molecule has 1 unspecified atom stereocenters. The molecule has 3 heteroatoms. The van der Waals surface area contributed by atoms with Gasteiger partial charge in [-0.2, -0.15) is 0 Å². The van der Waals surface area contributed by atoms with Crippen molar-refractivity contribution < 1.29 is 4.74 Å². The minimum Gasteiger partial charge on any atom is -0.495 e. The smallest absolute Gasteiger partial charge is 0.140 e. The molecule has 0 spiro atoms. The van der Waals surface area contributed by atoms with E-state index in [2.05, 4.69) is 24.4 Å². The van der Waals surface area contributed by atoms with E-state index in [-0.39, 0.29) is 5.54 Å². The van der Waals surface area contributed by atoms with Crippen molar-refractivity contribution in [2.75, 3.05) is 13.7 Å². The largest absolute Gasteiger partial charge is 0.495 e. The molecule has 2 nitrogen and oxygen atoms in total. The second-order valence-corrected chi connectivity index (χ2v) is 6.83. The summed E-state index contributed by atoms with van der Waals surface area (Å²) in [4.78, 5) is 0. The van der Waals surface area contributed by atoms with Gasteiger partial charge in [-0.15, -0.1) is 0 Å². The van der Waals surface area contributed by atoms with Crippen LogP contribution >= 0.6 is 11.6 Å². The zero-order valence-electron chi connectivity index (χ0n) is 12.5. The molecule has 1 heterocycles. The van der Waals surface area contributed by atoms with E-state index >= 15 is 0 Å². The predicted octanol–water partition coefficient (Wildman–Crippen LogP) is 4.60. The average molecular weight is 294 g/mol. The van der Waals surface area contributed by atoms with Gasteiger partial charge in [0.1, 0.15) is 5.75 Å². The van der Waals surface area contributed by atoms with E-state index in [4.69, 9.17) is 16.3 Å². The van der Waals surface area contributed by atoms with Crippen molar-refractivity contribution in [2.24, 2.45) is 0 Å². The van der Waals surface area contributed by atoms with E-state index in [0.717, 1.165) is 17.3 Å². The van der Waals surface area contributed by atoms with Crippen LogP contribution in [-0.2, 0) is 5.54 Å². The Bertz CT molecular complexity index is 488. The third-order valence-corrected chi connectivity index (χ3v) is 5.36. The lowest BCUT2D eigenvalue weighted by Gasteiger charge is -2.28. The maximum Gasteiger partial charge on any atom is 0.140 e. The van der Waals surface area contributed by atoms with Crippen molar-refractivity contribution in [3.05, 3.63) is 28.3 Å². The standard InChI is InChI=1S/C17H24ClNO/c1-17(8-5-9-19-17)13-10-14(12-6-3-4-7-12)16(20-2)15(18)11-13/h10-12,19H,3-9H2,1-2H3. The Balaban J connectivity index is 2.04. The normalized spacial score (nSPS) is 27.1. The van der Waals surface area contributed by atoms with Gasteiger partial charge < -0.3 is 10.1 Å². The van der Waals surface area contributed by atoms with Crippen molar-refractivity contribution in [1.82, 2.24) is 5.32 Å². The highest BCUT2D eigenvalue weighted by atomic mass is 35.5. The summed E-state index contributed by atoms with van der Waals surface area (Å²) in [6, 6.07) is 4.44. The molecule has 3 rings (SSSR count). The molecule has 110 valence electrons. The molecular weight excluding hydrogens is 270 g/mol. The summed E-state index contributed by atoms with van der Waals surface area (Å²) in [5.41, 5.74) is 2.72. The molecule has 1 aromatic rings. The van der Waals surface area contributed by atoms with Gasteiger partial charge in [0.25, 0.3) is 0 Å². The number of halogens is 1. The molecule has 0 bridgehead atoms. The fraction of sp³-hybridized carbons (Fsp3) is 0.647. The lowest BCUT2D eigenvalue weighted by molar-refractivity contribution is 0.401. The molecule has 1 aliphatic carbocycles. The molecule has 0 aromatic heterocycles. The van der Waals surface area contributed by atoms with E-state index in [9.17, 15) is 0 Å². The summed E-state index contributed by atoms with van der Waals surface area (Å²) in [5.74, 6) is 1.51. The quantitative estimate of drug-likeness (QED) is 0.879. The van der Waals surface area contributed by atoms with Crippen LogP contribution in [0.4, 0.5) is 0 Å². The molecule has 1 atom stereocenters. The van der Waals surface area contributed by atoms with Crippen molar-refractivity contribution in [2.45, 2.75) is 56.9 Å². The van der Waals surface area contributed by atoms with Crippen LogP contribution < -0.4 is 10.1 Å². The number of methoxy groups -OCH3 is 1. The van der Waals surface area contributed by atoms with Crippen LogP contribution in [0, 0.1) is 0 Å². The number of nitrogens with one attached hydrogen (secondary N) is 1. The van der Waals surface area contributed by atoms with Gasteiger partial charge in [0, 0.05) is 5.54 Å². The maximum atomic E-state index is 6.50. The molecule has 20 heavy (non-hydrogen) atoms. The van der Waals surface area contributed by atoms with E-state index in [1.165, 1.54) is 49.7 Å². The summed E-state index contributed by atoms with van der Waals surface area (Å²) >= 11 is 6.50. The van der Waals surface area contributed by atoms with Crippen LogP contribution in [0.5, 0.6) is 5.75 Å². The van der Waals surface area contributed by atoms with Gasteiger partial charge in [0.15, 0.2) is 0 Å². The van der Waals surface area contributed by atoms with E-state index in [1.807, 2.05) is 0 Å². The molecule has 2 fully saturated rings. The monoisotopic (exact) mass is 293 g/mol. The molecule has 1 aromatic carbocycles. The Kier molecular flexibility index (Phi) is 3.96. The second-order valence-electron chi connectivity index (χ2n) is 6.42. The number of benzene rings is 1. The Morgan fingerprint density at radius 2 is 2.00 bits per heavy atom. The average Bonchev–Trinajstić information content (AvgIpc) is 3.09. The maximum absolute atomic E-state index is 6.50. The Labute approximate surface area is 126 Å². The molecule has 1 aliphatic heterocycles. The third-order valence-electron chi connectivity index (χ3n) is 5.08. The Hall–Kier alpha value is -0.730. The van der Waals surface area contributed by atoms with Crippen LogP contribution in [0.1, 0.15) is 62.5 Å². The van der Waals surface area contributed by atoms with Gasteiger partial charge in [0.05, 0.1) is 12.1 Å². The topological polar surface area (TPSA) is 21.3 Å². The van der Waals surface area contributed by atoms with Gasteiger partial charge in [-0.3, -0.25) is 0 Å². The summed E-state index contributed by atoms with van der Waals surface area (Å²) in [7, 11) is 1.73. The number of hydrogen-bond donors (Lipinski definition) is 1. The minimum absolute atomic E-state index is 0.0727. The molecule has 0 radical (unpaired) electrons. The van der Waals surface area contributed by atoms with Crippen LogP contribution in [0.15, 0.2) is 12.1 Å². The van der Waals surface area contributed by atoms with Gasteiger partial charge >= 0.3 is 0 Å². The zero-order chi connectivity index (χ0) is 14.2. The first-order valence-corrected chi connectivity index (χ1v) is 8.15. The lowest BCUT2D eigenvalue weighted by Crippen LogP contribution is -2.33. The van der Waals surface area contributed by atoms with Gasteiger partial charge in [-0.1, -0.05) is 24.4 Å². The van der Waals surface area contributed by atoms with Crippen molar-refractivity contribution in [1.29, 1.82) is 0 Å². The molecule has 0 amide bonds. The van der Waals surface area contributed by atoms with Crippen molar-refractivity contribution in [3.63, 3.8) is 0 Å². The highest BCUT2D eigenvalue weighted by Crippen LogP contribution is 2.44. The zero-order valence-corrected chi connectivity index (χ0v) is 13.2. The fourth-order valence-electron chi connectivity index (χ4n) is 3.83. The fourth-order valence-corrected chi connectivity index (χ4v) is 4.13. The number of ether oxygens (including phenoxy) is 1. The first-order valence-electron chi connectivity index (χ1n) is 7.77. The van der Waals surface area contributed by atoms with E-state index in [0.29, 0.717) is 5.92 Å². The lowest BCUT2D eigenvalue weighted by atomic mass is 9.86. The van der Waals surface area contributed by atoms with Gasteiger partial charge in [-0.25, -0.2) is 0 Å². The van der Waals surface area contributed by atoms with Crippen LogP contribution in [0.2, 0.25) is 5.02 Å². The summed E-state index contributed by atoms with van der Waals surface area (Å²) < 4.78 is 5.59. The third kappa shape index (κ3) is 2.44.